The topological polar surface area (TPSA) is 63.0 Å². The number of methoxy groups -OCH3 is 1. The summed E-state index contributed by atoms with van der Waals surface area (Å²) in [4.78, 5) is 15.0. The van der Waals surface area contributed by atoms with E-state index in [2.05, 4.69) is 9.72 Å². The van der Waals surface area contributed by atoms with Gasteiger partial charge in [-0.1, -0.05) is 0 Å². The lowest BCUT2D eigenvalue weighted by atomic mass is 10.0. The predicted octanol–water partition coefficient (Wildman–Crippen LogP) is 3.02. The van der Waals surface area contributed by atoms with E-state index in [1.165, 1.54) is 0 Å². The Morgan fingerprint density at radius 2 is 1.86 bits per heavy atom. The third-order valence-electron chi connectivity index (χ3n) is 2.86. The summed E-state index contributed by atoms with van der Waals surface area (Å²) in [6.07, 6.45) is -0.188. The Balaban J connectivity index is 2.61. The van der Waals surface area contributed by atoms with E-state index in [1.54, 1.807) is 6.07 Å². The van der Waals surface area contributed by atoms with Crippen LogP contribution in [0.2, 0.25) is 0 Å². The molecule has 2 aromatic rings. The van der Waals surface area contributed by atoms with Gasteiger partial charge in [-0.3, -0.25) is 0 Å². The molecule has 0 fully saturated rings. The highest BCUT2D eigenvalue weighted by Crippen LogP contribution is 2.28. The molecule has 2 rings (SSSR count). The highest BCUT2D eigenvalue weighted by atomic mass is 19.1. The molecule has 0 unspecified atom stereocenters. The van der Waals surface area contributed by atoms with Crippen molar-refractivity contribution in [3.8, 4) is 17.3 Å². The largest absolute Gasteiger partial charge is 0.464 e. The van der Waals surface area contributed by atoms with Crippen LogP contribution in [0, 0.1) is 28.8 Å². The van der Waals surface area contributed by atoms with Gasteiger partial charge >= 0.3 is 5.97 Å². The highest BCUT2D eigenvalue weighted by molar-refractivity contribution is 5.87. The van der Waals surface area contributed by atoms with Gasteiger partial charge in [0.1, 0.15) is 28.8 Å². The van der Waals surface area contributed by atoms with Gasteiger partial charge in [-0.15, -0.1) is 0 Å². The van der Waals surface area contributed by atoms with Crippen molar-refractivity contribution in [3.63, 3.8) is 0 Å². The summed E-state index contributed by atoms with van der Waals surface area (Å²) >= 11 is 0. The number of aromatic nitrogens is 1. The zero-order valence-corrected chi connectivity index (χ0v) is 11.4. The fourth-order valence-corrected chi connectivity index (χ4v) is 1.88. The maximum atomic E-state index is 14.0. The van der Waals surface area contributed by atoms with E-state index in [-0.39, 0.29) is 17.7 Å². The number of pyridine rings is 1. The normalized spacial score (nSPS) is 10.1. The van der Waals surface area contributed by atoms with Crippen molar-refractivity contribution in [1.29, 1.82) is 5.26 Å². The SMILES string of the molecule is COC(=O)c1ccc(F)c(-c2c(F)cc(CC#N)cc2F)n1. The zero-order valence-electron chi connectivity index (χ0n) is 11.4. The molecule has 0 N–H and O–H groups in total. The van der Waals surface area contributed by atoms with Crippen LogP contribution >= 0.6 is 0 Å². The Hall–Kier alpha value is -2.88. The van der Waals surface area contributed by atoms with Crippen LogP contribution < -0.4 is 0 Å². The minimum Gasteiger partial charge on any atom is -0.464 e. The summed E-state index contributed by atoms with van der Waals surface area (Å²) in [7, 11) is 1.10. The van der Waals surface area contributed by atoms with E-state index in [1.807, 2.05) is 0 Å². The maximum absolute atomic E-state index is 14.0. The molecule has 0 aliphatic heterocycles. The average molecular weight is 306 g/mol. The number of benzene rings is 1. The lowest BCUT2D eigenvalue weighted by Gasteiger charge is -2.09. The lowest BCUT2D eigenvalue weighted by molar-refractivity contribution is 0.0594. The number of nitrogens with zero attached hydrogens (tertiary/aromatic N) is 2. The minimum atomic E-state index is -1.07. The Bertz CT molecular complexity index is 762. The van der Waals surface area contributed by atoms with E-state index in [4.69, 9.17) is 5.26 Å². The molecule has 1 heterocycles. The average Bonchev–Trinajstić information content (AvgIpc) is 2.48. The summed E-state index contributed by atoms with van der Waals surface area (Å²) in [5.41, 5.74) is -1.50. The van der Waals surface area contributed by atoms with Crippen LogP contribution in [0.25, 0.3) is 11.3 Å². The number of ether oxygens (including phenoxy) is 1. The minimum absolute atomic E-state index is 0.116. The molecule has 1 aromatic heterocycles. The van der Waals surface area contributed by atoms with Crippen molar-refractivity contribution in [2.45, 2.75) is 6.42 Å². The van der Waals surface area contributed by atoms with E-state index in [9.17, 15) is 18.0 Å². The van der Waals surface area contributed by atoms with E-state index >= 15 is 0 Å². The van der Waals surface area contributed by atoms with Crippen LogP contribution in [-0.2, 0) is 11.2 Å². The Morgan fingerprint density at radius 3 is 2.41 bits per heavy atom. The first-order valence-electron chi connectivity index (χ1n) is 6.08. The van der Waals surface area contributed by atoms with Gasteiger partial charge in [-0.2, -0.15) is 5.26 Å². The second-order valence-electron chi connectivity index (χ2n) is 4.29. The lowest BCUT2D eigenvalue weighted by Crippen LogP contribution is -2.07. The van der Waals surface area contributed by atoms with Crippen LogP contribution in [0.4, 0.5) is 13.2 Å². The summed E-state index contributed by atoms with van der Waals surface area (Å²) in [6, 6.07) is 5.52. The smallest absolute Gasteiger partial charge is 0.356 e. The number of rotatable bonds is 3. The van der Waals surface area contributed by atoms with Gasteiger partial charge in [0.2, 0.25) is 0 Å². The molecule has 7 heteroatoms. The molecule has 0 saturated heterocycles. The maximum Gasteiger partial charge on any atom is 0.356 e. The van der Waals surface area contributed by atoms with Gasteiger partial charge < -0.3 is 4.74 Å². The molecule has 112 valence electrons. The number of nitriles is 1. The second kappa shape index (κ2) is 6.26. The van der Waals surface area contributed by atoms with Crippen molar-refractivity contribution in [1.82, 2.24) is 4.98 Å². The molecule has 0 atom stereocenters. The monoisotopic (exact) mass is 306 g/mol. The zero-order chi connectivity index (χ0) is 16.3. The summed E-state index contributed by atoms with van der Waals surface area (Å²) in [5, 5.41) is 8.54. The van der Waals surface area contributed by atoms with Gasteiger partial charge in [0.05, 0.1) is 25.2 Å². The Labute approximate surface area is 123 Å². The number of carbonyl (C=O) groups is 1. The van der Waals surface area contributed by atoms with Gasteiger partial charge in [-0.05, 0) is 29.8 Å². The van der Waals surface area contributed by atoms with Gasteiger partial charge in [0.15, 0.2) is 0 Å². The molecule has 0 aliphatic carbocycles. The van der Waals surface area contributed by atoms with Crippen molar-refractivity contribution < 1.29 is 22.7 Å². The molecule has 1 aromatic carbocycles. The molecule has 4 nitrogen and oxygen atoms in total. The predicted molar refractivity (Wildman–Crippen MR) is 70.2 cm³/mol. The number of halogens is 3. The highest BCUT2D eigenvalue weighted by Gasteiger charge is 2.20. The standard InChI is InChI=1S/C15H9F3N2O2/c1-22-15(21)12-3-2-9(16)14(20-12)13-10(17)6-8(4-5-19)7-11(13)18/h2-3,6-7H,4H2,1H3. The van der Waals surface area contributed by atoms with E-state index in [0.717, 1.165) is 31.4 Å². The fourth-order valence-electron chi connectivity index (χ4n) is 1.88. The first-order chi connectivity index (χ1) is 10.5. The van der Waals surface area contributed by atoms with Crippen LogP contribution in [0.3, 0.4) is 0 Å². The van der Waals surface area contributed by atoms with Gasteiger partial charge in [0, 0.05) is 0 Å². The number of esters is 1. The van der Waals surface area contributed by atoms with Crippen molar-refractivity contribution >= 4 is 5.97 Å². The quantitative estimate of drug-likeness (QED) is 0.818. The van der Waals surface area contributed by atoms with E-state index in [0.29, 0.717) is 0 Å². The first kappa shape index (κ1) is 15.5. The molecule has 0 aliphatic rings. The third kappa shape index (κ3) is 2.91. The fraction of sp³-hybridized carbons (Fsp3) is 0.133. The molecule has 22 heavy (non-hydrogen) atoms. The summed E-state index contributed by atoms with van der Waals surface area (Å²) < 4.78 is 46.3. The van der Waals surface area contributed by atoms with Crippen LogP contribution in [0.1, 0.15) is 16.1 Å². The second-order valence-corrected chi connectivity index (χ2v) is 4.29. The Morgan fingerprint density at radius 1 is 1.23 bits per heavy atom. The third-order valence-corrected chi connectivity index (χ3v) is 2.86. The summed E-state index contributed by atoms with van der Waals surface area (Å²) in [5.74, 6) is -3.99. The summed E-state index contributed by atoms with van der Waals surface area (Å²) in [6.45, 7) is 0. The van der Waals surface area contributed by atoms with Crippen molar-refractivity contribution in [2.24, 2.45) is 0 Å². The molecular formula is C15H9F3N2O2. The molecule has 0 radical (unpaired) electrons. The van der Waals surface area contributed by atoms with Crippen molar-refractivity contribution in [3.05, 3.63) is 53.0 Å². The van der Waals surface area contributed by atoms with Crippen molar-refractivity contribution in [2.75, 3.05) is 7.11 Å². The van der Waals surface area contributed by atoms with Gasteiger partial charge in [-0.25, -0.2) is 22.9 Å². The van der Waals surface area contributed by atoms with Crippen LogP contribution in [0.5, 0.6) is 0 Å². The number of hydrogen-bond acceptors (Lipinski definition) is 4. The van der Waals surface area contributed by atoms with Crippen LogP contribution in [-0.4, -0.2) is 18.1 Å². The number of hydrogen-bond donors (Lipinski definition) is 0. The van der Waals surface area contributed by atoms with E-state index < -0.39 is 34.7 Å². The van der Waals surface area contributed by atoms with Crippen LogP contribution in [0.15, 0.2) is 24.3 Å². The molecule has 0 saturated carbocycles. The molecule has 0 bridgehead atoms. The molecular weight excluding hydrogens is 297 g/mol. The molecule has 0 spiro atoms. The number of carbonyl (C=O) groups excluding carboxylic acids is 1. The first-order valence-corrected chi connectivity index (χ1v) is 6.08. The Kier molecular flexibility index (Phi) is 4.41. The molecule has 0 amide bonds. The van der Waals surface area contributed by atoms with Gasteiger partial charge in [0.25, 0.3) is 0 Å².